The maximum atomic E-state index is 10.9. The highest BCUT2D eigenvalue weighted by Crippen LogP contribution is 2.43. The summed E-state index contributed by atoms with van der Waals surface area (Å²) >= 11 is 0. The fourth-order valence-electron chi connectivity index (χ4n) is 2.77. The molecule has 27 heavy (non-hydrogen) atoms. The first-order valence-corrected chi connectivity index (χ1v) is 8.00. The largest absolute Gasteiger partial charge is 0.493 e. The van der Waals surface area contributed by atoms with Crippen molar-refractivity contribution < 1.29 is 19.1 Å². The van der Waals surface area contributed by atoms with Gasteiger partial charge >= 0.3 is 0 Å². The highest BCUT2D eigenvalue weighted by molar-refractivity contribution is 5.96. The molecule has 0 aliphatic carbocycles. The number of nitro groups is 1. The van der Waals surface area contributed by atoms with Gasteiger partial charge in [-0.3, -0.25) is 10.1 Å². The Morgan fingerprint density at radius 1 is 1.07 bits per heavy atom. The Morgan fingerprint density at radius 2 is 1.85 bits per heavy atom. The van der Waals surface area contributed by atoms with Crippen LogP contribution in [0, 0.1) is 10.1 Å². The number of rotatable bonds is 7. The van der Waals surface area contributed by atoms with Gasteiger partial charge < -0.3 is 19.5 Å². The molecule has 3 rings (SSSR count). The fourth-order valence-corrected chi connectivity index (χ4v) is 2.77. The molecular weight excluding hydrogens is 352 g/mol. The van der Waals surface area contributed by atoms with Crippen molar-refractivity contribution in [2.24, 2.45) is 0 Å². The van der Waals surface area contributed by atoms with E-state index in [0.717, 1.165) is 5.56 Å². The average molecular weight is 370 g/mol. The molecule has 0 fully saturated rings. The average Bonchev–Trinajstić information content (AvgIpc) is 2.70. The quantitative estimate of drug-likeness (QED) is 0.499. The van der Waals surface area contributed by atoms with Crippen molar-refractivity contribution in [3.63, 3.8) is 0 Å². The Morgan fingerprint density at radius 3 is 2.52 bits per heavy atom. The second kappa shape index (κ2) is 7.73. The molecule has 2 aromatic carbocycles. The number of benzene rings is 2. The van der Waals surface area contributed by atoms with Crippen LogP contribution in [0.4, 0.5) is 11.5 Å². The number of methoxy groups -OCH3 is 3. The summed E-state index contributed by atoms with van der Waals surface area (Å²) in [5.74, 6) is 1.91. The molecule has 0 saturated heterocycles. The molecule has 0 spiro atoms. The second-order valence-electron chi connectivity index (χ2n) is 5.54. The summed E-state index contributed by atoms with van der Waals surface area (Å²) in [5, 5.41) is 14.8. The van der Waals surface area contributed by atoms with E-state index in [0.29, 0.717) is 40.5 Å². The van der Waals surface area contributed by atoms with Crippen LogP contribution in [0.3, 0.4) is 0 Å². The predicted molar refractivity (Wildman–Crippen MR) is 99.6 cm³/mol. The van der Waals surface area contributed by atoms with Gasteiger partial charge in [-0.1, -0.05) is 12.1 Å². The minimum Gasteiger partial charge on any atom is -0.493 e. The van der Waals surface area contributed by atoms with Crippen LogP contribution in [0.1, 0.15) is 5.56 Å². The number of nitrogens with zero attached hydrogens (tertiary/aromatic N) is 3. The highest BCUT2D eigenvalue weighted by atomic mass is 16.6. The summed E-state index contributed by atoms with van der Waals surface area (Å²) in [4.78, 5) is 19.1. The predicted octanol–water partition coefficient (Wildman–Crippen LogP) is 3.18. The van der Waals surface area contributed by atoms with E-state index in [1.807, 2.05) is 0 Å². The van der Waals surface area contributed by atoms with Crippen LogP contribution in [0.25, 0.3) is 10.9 Å². The monoisotopic (exact) mass is 370 g/mol. The lowest BCUT2D eigenvalue weighted by Crippen LogP contribution is -2.04. The Labute approximate surface area is 155 Å². The van der Waals surface area contributed by atoms with Crippen molar-refractivity contribution in [2.45, 2.75) is 6.54 Å². The topological polar surface area (TPSA) is 109 Å². The molecule has 1 N–H and O–H groups in total. The van der Waals surface area contributed by atoms with Crippen LogP contribution in [-0.2, 0) is 6.54 Å². The van der Waals surface area contributed by atoms with E-state index >= 15 is 0 Å². The second-order valence-corrected chi connectivity index (χ2v) is 5.54. The number of non-ortho nitro benzene ring substituents is 1. The zero-order chi connectivity index (χ0) is 19.4. The summed E-state index contributed by atoms with van der Waals surface area (Å²) < 4.78 is 16.2. The SMILES string of the molecule is COc1cc2c(NCc3cccc([N+](=O)[O-])c3)ncnc2c(OC)c1OC. The van der Waals surface area contributed by atoms with Crippen LogP contribution in [0.2, 0.25) is 0 Å². The van der Waals surface area contributed by atoms with Crippen molar-refractivity contribution in [1.82, 2.24) is 9.97 Å². The van der Waals surface area contributed by atoms with Crippen molar-refractivity contribution >= 4 is 22.4 Å². The maximum absolute atomic E-state index is 10.9. The number of anilines is 1. The molecule has 1 heterocycles. The van der Waals surface area contributed by atoms with E-state index < -0.39 is 4.92 Å². The first-order chi connectivity index (χ1) is 13.1. The van der Waals surface area contributed by atoms with Gasteiger partial charge in [0.2, 0.25) is 5.75 Å². The van der Waals surface area contributed by atoms with Crippen molar-refractivity contribution in [3.8, 4) is 17.2 Å². The summed E-state index contributed by atoms with van der Waals surface area (Å²) in [6.07, 6.45) is 1.41. The van der Waals surface area contributed by atoms with Crippen molar-refractivity contribution in [2.75, 3.05) is 26.6 Å². The molecule has 9 heteroatoms. The first-order valence-electron chi connectivity index (χ1n) is 8.00. The molecule has 0 atom stereocenters. The number of ether oxygens (including phenoxy) is 3. The number of hydrogen-bond donors (Lipinski definition) is 1. The molecule has 1 aromatic heterocycles. The third-order valence-electron chi connectivity index (χ3n) is 4.01. The molecule has 0 radical (unpaired) electrons. The molecule has 0 aliphatic heterocycles. The molecule has 140 valence electrons. The highest BCUT2D eigenvalue weighted by Gasteiger charge is 2.19. The maximum Gasteiger partial charge on any atom is 0.269 e. The van der Waals surface area contributed by atoms with E-state index in [2.05, 4.69) is 15.3 Å². The van der Waals surface area contributed by atoms with Gasteiger partial charge in [0.15, 0.2) is 11.5 Å². The van der Waals surface area contributed by atoms with Gasteiger partial charge in [-0.2, -0.15) is 0 Å². The number of aromatic nitrogens is 2. The van der Waals surface area contributed by atoms with Crippen LogP contribution in [0.5, 0.6) is 17.2 Å². The normalized spacial score (nSPS) is 10.5. The third kappa shape index (κ3) is 3.52. The summed E-state index contributed by atoms with van der Waals surface area (Å²) in [7, 11) is 4.58. The summed E-state index contributed by atoms with van der Waals surface area (Å²) in [6, 6.07) is 8.16. The van der Waals surface area contributed by atoms with Crippen molar-refractivity contribution in [3.05, 3.63) is 52.3 Å². The van der Waals surface area contributed by atoms with Gasteiger partial charge in [-0.05, 0) is 11.6 Å². The zero-order valence-corrected chi connectivity index (χ0v) is 15.1. The lowest BCUT2D eigenvalue weighted by atomic mass is 10.1. The number of nitro benzene ring substituents is 1. The number of fused-ring (bicyclic) bond motifs is 1. The minimum atomic E-state index is -0.425. The van der Waals surface area contributed by atoms with Gasteiger partial charge in [0, 0.05) is 18.7 Å². The smallest absolute Gasteiger partial charge is 0.269 e. The van der Waals surface area contributed by atoms with Crippen LogP contribution < -0.4 is 19.5 Å². The van der Waals surface area contributed by atoms with Gasteiger partial charge in [0.25, 0.3) is 5.69 Å². The molecule has 9 nitrogen and oxygen atoms in total. The minimum absolute atomic E-state index is 0.0370. The van der Waals surface area contributed by atoms with E-state index in [4.69, 9.17) is 14.2 Å². The molecule has 0 saturated carbocycles. The molecule has 0 unspecified atom stereocenters. The fraction of sp³-hybridized carbons (Fsp3) is 0.222. The Hall–Kier alpha value is -3.62. The molecule has 0 aliphatic rings. The lowest BCUT2D eigenvalue weighted by Gasteiger charge is -2.15. The molecular formula is C18H18N4O5. The summed E-state index contributed by atoms with van der Waals surface area (Å²) in [6.45, 7) is 0.352. The Kier molecular flexibility index (Phi) is 5.20. The van der Waals surface area contributed by atoms with Crippen LogP contribution in [0.15, 0.2) is 36.7 Å². The number of nitrogens with one attached hydrogen (secondary N) is 1. The van der Waals surface area contributed by atoms with Gasteiger partial charge in [0.05, 0.1) is 31.6 Å². The van der Waals surface area contributed by atoms with E-state index in [9.17, 15) is 10.1 Å². The summed E-state index contributed by atoms with van der Waals surface area (Å²) in [5.41, 5.74) is 1.35. The van der Waals surface area contributed by atoms with Gasteiger partial charge in [-0.25, -0.2) is 9.97 Å². The van der Waals surface area contributed by atoms with Crippen molar-refractivity contribution in [1.29, 1.82) is 0 Å². The van der Waals surface area contributed by atoms with Crippen LogP contribution in [-0.4, -0.2) is 36.2 Å². The van der Waals surface area contributed by atoms with Crippen LogP contribution >= 0.6 is 0 Å². The molecule has 0 amide bonds. The lowest BCUT2D eigenvalue weighted by molar-refractivity contribution is -0.384. The van der Waals surface area contributed by atoms with Gasteiger partial charge in [0.1, 0.15) is 17.7 Å². The molecule has 0 bridgehead atoms. The Balaban J connectivity index is 2.00. The number of hydrogen-bond acceptors (Lipinski definition) is 8. The third-order valence-corrected chi connectivity index (χ3v) is 4.01. The molecule has 3 aromatic rings. The van der Waals surface area contributed by atoms with E-state index in [1.165, 1.54) is 39.8 Å². The standard InChI is InChI=1S/C18H18N4O5/c1-25-14-8-13-15(17(27-3)16(14)26-2)20-10-21-18(13)19-9-11-5-4-6-12(7-11)22(23)24/h4-8,10H,9H2,1-3H3,(H,19,20,21). The van der Waals surface area contributed by atoms with Gasteiger partial charge in [-0.15, -0.1) is 0 Å². The first kappa shape index (κ1) is 18.2. The van der Waals surface area contributed by atoms with E-state index in [1.54, 1.807) is 18.2 Å². The Bertz CT molecular complexity index is 993. The zero-order valence-electron chi connectivity index (χ0n) is 15.1. The van der Waals surface area contributed by atoms with E-state index in [-0.39, 0.29) is 5.69 Å².